The van der Waals surface area contributed by atoms with Crippen molar-refractivity contribution in [1.82, 2.24) is 4.98 Å². The summed E-state index contributed by atoms with van der Waals surface area (Å²) in [5.74, 6) is 0. The molecule has 0 bridgehead atoms. The van der Waals surface area contributed by atoms with Crippen molar-refractivity contribution in [2.75, 3.05) is 0 Å². The van der Waals surface area contributed by atoms with E-state index in [9.17, 15) is 0 Å². The van der Waals surface area contributed by atoms with Crippen LogP contribution < -0.4 is 4.48 Å². The third kappa shape index (κ3) is 1.60. The summed E-state index contributed by atoms with van der Waals surface area (Å²) in [4.78, 5) is 4.06. The molecule has 0 fully saturated rings. The summed E-state index contributed by atoms with van der Waals surface area (Å²) >= 11 is 4.84. The van der Waals surface area contributed by atoms with Crippen LogP contribution in [0.4, 0.5) is 0 Å². The number of pyridine rings is 1. The Hall–Kier alpha value is 0.188. The number of hydrogen-bond donors (Lipinski definition) is 0. The molecule has 1 aromatic heterocycles. The minimum absolute atomic E-state index is 1.04. The Labute approximate surface area is 65.1 Å². The number of hydrogen-bond acceptors (Lipinski definition) is 1. The third-order valence-corrected chi connectivity index (χ3v) is 1.94. The molecule has 1 atom stereocenters. The summed E-state index contributed by atoms with van der Waals surface area (Å²) in [5.41, 5.74) is 0. The molecule has 8 heavy (non-hydrogen) atoms. The summed E-state index contributed by atoms with van der Waals surface area (Å²) in [7, 11) is 0. The van der Waals surface area contributed by atoms with Crippen LogP contribution in [0, 0.1) is 0 Å². The van der Waals surface area contributed by atoms with Crippen molar-refractivity contribution < 1.29 is 0 Å². The first-order valence-electron chi connectivity index (χ1n) is 2.16. The second-order valence-electron chi connectivity index (χ2n) is 1.40. The van der Waals surface area contributed by atoms with Crippen molar-refractivity contribution in [3.05, 3.63) is 22.8 Å². The first kappa shape index (κ1) is 6.31. The van der Waals surface area contributed by atoms with E-state index in [4.69, 9.17) is 0 Å². The standard InChI is InChI=1S/C5H5AsBrN/c6-5-2-1-4(7)3-8-5/h1-3H,6H2. The fourth-order valence-corrected chi connectivity index (χ4v) is 0.980. The van der Waals surface area contributed by atoms with E-state index in [1.165, 1.54) is 0 Å². The van der Waals surface area contributed by atoms with Gasteiger partial charge in [-0.3, -0.25) is 0 Å². The van der Waals surface area contributed by atoms with E-state index in [0.29, 0.717) is 0 Å². The Morgan fingerprint density at radius 2 is 2.25 bits per heavy atom. The van der Waals surface area contributed by atoms with E-state index < -0.39 is 0 Å². The van der Waals surface area contributed by atoms with Gasteiger partial charge in [-0.15, -0.1) is 0 Å². The SMILES string of the molecule is [AsH2]c1ccc(Br)cn1. The van der Waals surface area contributed by atoms with E-state index in [-0.39, 0.29) is 0 Å². The van der Waals surface area contributed by atoms with Gasteiger partial charge >= 0.3 is 65.1 Å². The maximum absolute atomic E-state index is 4.06. The molecule has 0 aromatic carbocycles. The van der Waals surface area contributed by atoms with Gasteiger partial charge in [0.1, 0.15) is 0 Å². The third-order valence-electron chi connectivity index (χ3n) is 0.750. The molecule has 42 valence electrons. The van der Waals surface area contributed by atoms with Crippen molar-refractivity contribution in [3.63, 3.8) is 0 Å². The number of aromatic nitrogens is 1. The average Bonchev–Trinajstić information content (AvgIpc) is 1.77. The van der Waals surface area contributed by atoms with Gasteiger partial charge in [0.05, 0.1) is 0 Å². The van der Waals surface area contributed by atoms with Crippen LogP contribution >= 0.6 is 15.9 Å². The van der Waals surface area contributed by atoms with Gasteiger partial charge in [0, 0.05) is 0 Å². The van der Waals surface area contributed by atoms with Gasteiger partial charge in [-0.25, -0.2) is 0 Å². The zero-order valence-electron chi connectivity index (χ0n) is 4.13. The summed E-state index contributed by atoms with van der Waals surface area (Å²) in [6.45, 7) is 0. The van der Waals surface area contributed by atoms with E-state index in [1.807, 2.05) is 12.1 Å². The van der Waals surface area contributed by atoms with Crippen molar-refractivity contribution >= 4 is 37.3 Å². The fraction of sp³-hybridized carbons (Fsp3) is 0. The molecular formula is C5H5AsBrN. The zero-order valence-corrected chi connectivity index (χ0v) is 8.14. The molecule has 0 aliphatic heterocycles. The van der Waals surface area contributed by atoms with Crippen LogP contribution in [0.5, 0.6) is 0 Å². The Morgan fingerprint density at radius 1 is 1.50 bits per heavy atom. The fourth-order valence-electron chi connectivity index (χ4n) is 0.387. The van der Waals surface area contributed by atoms with Crippen LogP contribution in [0.25, 0.3) is 0 Å². The van der Waals surface area contributed by atoms with Crippen LogP contribution in [0.1, 0.15) is 0 Å². The van der Waals surface area contributed by atoms with Gasteiger partial charge in [-0.1, -0.05) is 0 Å². The second kappa shape index (κ2) is 2.65. The second-order valence-corrected chi connectivity index (χ2v) is 3.56. The predicted molar refractivity (Wildman–Crippen MR) is 40.1 cm³/mol. The maximum atomic E-state index is 4.06. The van der Waals surface area contributed by atoms with Gasteiger partial charge in [-0.2, -0.15) is 0 Å². The van der Waals surface area contributed by atoms with Crippen LogP contribution in [-0.4, -0.2) is 21.8 Å². The first-order valence-corrected chi connectivity index (χ1v) is 4.16. The Morgan fingerprint density at radius 3 is 2.62 bits per heavy atom. The topological polar surface area (TPSA) is 12.9 Å². The summed E-state index contributed by atoms with van der Waals surface area (Å²) in [5, 5.41) is 0. The minimum atomic E-state index is 1.04. The Bertz CT molecular complexity index is 151. The molecule has 0 amide bonds. The van der Waals surface area contributed by atoms with E-state index in [2.05, 4.69) is 20.9 Å². The molecule has 1 unspecified atom stereocenters. The van der Waals surface area contributed by atoms with Gasteiger partial charge < -0.3 is 0 Å². The normalized spacial score (nSPS) is 9.25. The van der Waals surface area contributed by atoms with Crippen molar-refractivity contribution in [2.45, 2.75) is 0 Å². The average molecular weight is 234 g/mol. The van der Waals surface area contributed by atoms with Gasteiger partial charge in [-0.05, 0) is 0 Å². The zero-order chi connectivity index (χ0) is 5.98. The molecule has 3 heteroatoms. The van der Waals surface area contributed by atoms with Crippen LogP contribution in [0.2, 0.25) is 0 Å². The summed E-state index contributed by atoms with van der Waals surface area (Å²) in [6, 6.07) is 3.98. The molecule has 0 saturated heterocycles. The van der Waals surface area contributed by atoms with Gasteiger partial charge in [0.2, 0.25) is 0 Å². The molecule has 1 rings (SSSR count). The molecular weight excluding hydrogens is 229 g/mol. The molecule has 0 N–H and O–H groups in total. The van der Waals surface area contributed by atoms with Crippen molar-refractivity contribution in [1.29, 1.82) is 0 Å². The molecule has 0 radical (unpaired) electrons. The summed E-state index contributed by atoms with van der Waals surface area (Å²) < 4.78 is 2.15. The van der Waals surface area contributed by atoms with E-state index in [0.717, 1.165) is 8.95 Å². The number of rotatable bonds is 0. The van der Waals surface area contributed by atoms with Crippen molar-refractivity contribution in [2.24, 2.45) is 0 Å². The molecule has 0 aliphatic rings. The van der Waals surface area contributed by atoms with Gasteiger partial charge in [0.25, 0.3) is 0 Å². The van der Waals surface area contributed by atoms with Crippen LogP contribution in [0.15, 0.2) is 22.8 Å². The number of nitrogens with zero attached hydrogens (tertiary/aromatic N) is 1. The molecule has 1 nitrogen and oxygen atoms in total. The molecule has 1 aromatic rings. The Balaban J connectivity index is 3.03. The molecule has 0 aliphatic carbocycles. The molecule has 0 spiro atoms. The quantitative estimate of drug-likeness (QED) is 0.580. The number of halogens is 1. The van der Waals surface area contributed by atoms with Gasteiger partial charge in [0.15, 0.2) is 0 Å². The monoisotopic (exact) mass is 233 g/mol. The predicted octanol–water partition coefficient (Wildman–Crippen LogP) is 0.102. The van der Waals surface area contributed by atoms with E-state index in [1.54, 1.807) is 23.0 Å². The van der Waals surface area contributed by atoms with Crippen molar-refractivity contribution in [3.8, 4) is 0 Å². The molecule has 1 heterocycles. The Kier molecular flexibility index (Phi) is 2.09. The first-order chi connectivity index (χ1) is 3.79. The summed E-state index contributed by atoms with van der Waals surface area (Å²) in [6.07, 6.45) is 1.80. The van der Waals surface area contributed by atoms with E-state index >= 15 is 0 Å². The van der Waals surface area contributed by atoms with Crippen LogP contribution in [-0.2, 0) is 0 Å². The van der Waals surface area contributed by atoms with Crippen LogP contribution in [0.3, 0.4) is 0 Å². The molecule has 0 saturated carbocycles.